The first kappa shape index (κ1) is 16.7. The molecule has 0 unspecified atom stereocenters. The molecule has 0 aromatic rings. The highest BCUT2D eigenvalue weighted by atomic mass is 35.5. The van der Waals surface area contributed by atoms with Gasteiger partial charge in [-0.3, -0.25) is 4.79 Å². The summed E-state index contributed by atoms with van der Waals surface area (Å²) in [4.78, 5) is 13.9. The molecule has 0 spiro atoms. The van der Waals surface area contributed by atoms with Crippen molar-refractivity contribution in [2.45, 2.75) is 51.9 Å². The highest BCUT2D eigenvalue weighted by molar-refractivity contribution is 5.85. The van der Waals surface area contributed by atoms with Crippen LogP contribution in [0.25, 0.3) is 0 Å². The van der Waals surface area contributed by atoms with Crippen molar-refractivity contribution in [2.75, 3.05) is 19.6 Å². The molecule has 2 N–H and O–H groups in total. The molecule has 17 heavy (non-hydrogen) atoms. The normalized spacial score (nSPS) is 16.7. The van der Waals surface area contributed by atoms with E-state index in [0.717, 1.165) is 51.2 Å². The molecule has 0 saturated carbocycles. The van der Waals surface area contributed by atoms with Crippen LogP contribution in [0.5, 0.6) is 0 Å². The molecule has 0 aromatic heterocycles. The lowest BCUT2D eigenvalue weighted by molar-refractivity contribution is -0.132. The SMILES string of the molecule is CC1CCN(C(=O)CCCCCCN)CC1.Cl. The summed E-state index contributed by atoms with van der Waals surface area (Å²) in [5.41, 5.74) is 5.43. The van der Waals surface area contributed by atoms with Crippen molar-refractivity contribution in [1.29, 1.82) is 0 Å². The zero-order valence-electron chi connectivity index (χ0n) is 11.0. The summed E-state index contributed by atoms with van der Waals surface area (Å²) in [6, 6.07) is 0. The Morgan fingerprint density at radius 2 is 1.76 bits per heavy atom. The van der Waals surface area contributed by atoms with Crippen LogP contribution in [0, 0.1) is 5.92 Å². The summed E-state index contributed by atoms with van der Waals surface area (Å²) < 4.78 is 0. The van der Waals surface area contributed by atoms with Crippen LogP contribution in [0.1, 0.15) is 51.9 Å². The molecule has 0 aliphatic carbocycles. The van der Waals surface area contributed by atoms with E-state index in [1.807, 2.05) is 4.90 Å². The Morgan fingerprint density at radius 3 is 2.35 bits per heavy atom. The number of hydrogen-bond donors (Lipinski definition) is 1. The van der Waals surface area contributed by atoms with Gasteiger partial charge in [-0.2, -0.15) is 0 Å². The number of nitrogens with zero attached hydrogens (tertiary/aromatic N) is 1. The zero-order chi connectivity index (χ0) is 11.8. The van der Waals surface area contributed by atoms with E-state index in [1.54, 1.807) is 0 Å². The minimum Gasteiger partial charge on any atom is -0.343 e. The van der Waals surface area contributed by atoms with Gasteiger partial charge in [-0.25, -0.2) is 0 Å². The van der Waals surface area contributed by atoms with E-state index in [-0.39, 0.29) is 12.4 Å². The fraction of sp³-hybridized carbons (Fsp3) is 0.923. The van der Waals surface area contributed by atoms with Gasteiger partial charge in [0, 0.05) is 19.5 Å². The van der Waals surface area contributed by atoms with Gasteiger partial charge in [0.2, 0.25) is 5.91 Å². The van der Waals surface area contributed by atoms with Gasteiger partial charge in [0.25, 0.3) is 0 Å². The van der Waals surface area contributed by atoms with Crippen molar-refractivity contribution in [1.82, 2.24) is 4.90 Å². The lowest BCUT2D eigenvalue weighted by Crippen LogP contribution is -2.37. The first-order valence-corrected chi connectivity index (χ1v) is 6.72. The van der Waals surface area contributed by atoms with Gasteiger partial charge in [-0.15, -0.1) is 12.4 Å². The van der Waals surface area contributed by atoms with Crippen molar-refractivity contribution in [3.05, 3.63) is 0 Å². The van der Waals surface area contributed by atoms with Crippen molar-refractivity contribution in [3.63, 3.8) is 0 Å². The molecule has 1 fully saturated rings. The second-order valence-electron chi connectivity index (χ2n) is 5.02. The largest absolute Gasteiger partial charge is 0.343 e. The summed E-state index contributed by atoms with van der Waals surface area (Å²) in [5, 5.41) is 0. The quantitative estimate of drug-likeness (QED) is 0.748. The highest BCUT2D eigenvalue weighted by Crippen LogP contribution is 2.17. The molecular weight excluding hydrogens is 236 g/mol. The number of unbranched alkanes of at least 4 members (excludes halogenated alkanes) is 3. The average molecular weight is 263 g/mol. The Labute approximate surface area is 112 Å². The maximum atomic E-state index is 11.8. The summed E-state index contributed by atoms with van der Waals surface area (Å²) >= 11 is 0. The monoisotopic (exact) mass is 262 g/mol. The van der Waals surface area contributed by atoms with Crippen LogP contribution in [0.4, 0.5) is 0 Å². The first-order chi connectivity index (χ1) is 7.74. The maximum Gasteiger partial charge on any atom is 0.222 e. The smallest absolute Gasteiger partial charge is 0.222 e. The van der Waals surface area contributed by atoms with E-state index in [4.69, 9.17) is 5.73 Å². The summed E-state index contributed by atoms with van der Waals surface area (Å²) in [6.07, 6.45) is 7.53. The van der Waals surface area contributed by atoms with Crippen LogP contribution in [0.3, 0.4) is 0 Å². The van der Waals surface area contributed by atoms with Crippen molar-refractivity contribution >= 4 is 18.3 Å². The number of halogens is 1. The van der Waals surface area contributed by atoms with Crippen LogP contribution >= 0.6 is 12.4 Å². The number of hydrogen-bond acceptors (Lipinski definition) is 2. The fourth-order valence-corrected chi connectivity index (χ4v) is 2.19. The summed E-state index contributed by atoms with van der Waals surface area (Å²) in [6.45, 7) is 5.00. The van der Waals surface area contributed by atoms with Crippen molar-refractivity contribution in [2.24, 2.45) is 11.7 Å². The molecule has 1 amide bonds. The van der Waals surface area contributed by atoms with Gasteiger partial charge in [-0.05, 0) is 38.1 Å². The molecule has 102 valence electrons. The number of rotatable bonds is 6. The first-order valence-electron chi connectivity index (χ1n) is 6.72. The third-order valence-electron chi connectivity index (χ3n) is 3.48. The average Bonchev–Trinajstić information content (AvgIpc) is 2.29. The van der Waals surface area contributed by atoms with Gasteiger partial charge in [-0.1, -0.05) is 19.8 Å². The summed E-state index contributed by atoms with van der Waals surface area (Å²) in [5.74, 6) is 1.16. The Bertz CT molecular complexity index is 204. The van der Waals surface area contributed by atoms with Crippen molar-refractivity contribution < 1.29 is 4.79 Å². The Kier molecular flexibility index (Phi) is 9.56. The second kappa shape index (κ2) is 9.72. The lowest BCUT2D eigenvalue weighted by Gasteiger charge is -2.30. The van der Waals surface area contributed by atoms with E-state index in [2.05, 4.69) is 6.92 Å². The van der Waals surface area contributed by atoms with Gasteiger partial charge < -0.3 is 10.6 Å². The highest BCUT2D eigenvalue weighted by Gasteiger charge is 2.19. The van der Waals surface area contributed by atoms with E-state index in [9.17, 15) is 4.79 Å². The molecule has 0 aromatic carbocycles. The number of amides is 1. The topological polar surface area (TPSA) is 46.3 Å². The van der Waals surface area contributed by atoms with Gasteiger partial charge in [0.05, 0.1) is 0 Å². The zero-order valence-corrected chi connectivity index (χ0v) is 11.8. The van der Waals surface area contributed by atoms with Crippen LogP contribution in [0.2, 0.25) is 0 Å². The molecule has 1 heterocycles. The third-order valence-corrected chi connectivity index (χ3v) is 3.48. The van der Waals surface area contributed by atoms with Crippen LogP contribution in [-0.4, -0.2) is 30.4 Å². The minimum absolute atomic E-state index is 0. The second-order valence-corrected chi connectivity index (χ2v) is 5.02. The lowest BCUT2D eigenvalue weighted by atomic mass is 9.99. The molecule has 0 bridgehead atoms. The van der Waals surface area contributed by atoms with Crippen LogP contribution in [-0.2, 0) is 4.79 Å². The van der Waals surface area contributed by atoms with Crippen molar-refractivity contribution in [3.8, 4) is 0 Å². The number of likely N-dealkylation sites (tertiary alicyclic amines) is 1. The van der Waals surface area contributed by atoms with Gasteiger partial charge in [0.1, 0.15) is 0 Å². The van der Waals surface area contributed by atoms with E-state index in [1.165, 1.54) is 19.3 Å². The Morgan fingerprint density at radius 1 is 1.18 bits per heavy atom. The maximum absolute atomic E-state index is 11.8. The molecule has 1 rings (SSSR count). The molecule has 0 radical (unpaired) electrons. The molecule has 3 nitrogen and oxygen atoms in total. The van der Waals surface area contributed by atoms with E-state index >= 15 is 0 Å². The summed E-state index contributed by atoms with van der Waals surface area (Å²) in [7, 11) is 0. The predicted octanol–water partition coefficient (Wildman–Crippen LogP) is 2.58. The molecule has 1 saturated heterocycles. The predicted molar refractivity (Wildman–Crippen MR) is 74.4 cm³/mol. The Balaban J connectivity index is 0.00000256. The van der Waals surface area contributed by atoms with E-state index < -0.39 is 0 Å². The van der Waals surface area contributed by atoms with Gasteiger partial charge >= 0.3 is 0 Å². The number of nitrogens with two attached hydrogens (primary N) is 1. The molecule has 1 aliphatic rings. The number of piperidine rings is 1. The molecule has 4 heteroatoms. The van der Waals surface area contributed by atoms with Crippen LogP contribution < -0.4 is 5.73 Å². The number of carbonyl (C=O) groups excluding carboxylic acids is 1. The third kappa shape index (κ3) is 6.89. The van der Waals surface area contributed by atoms with Crippen LogP contribution in [0.15, 0.2) is 0 Å². The molecule has 0 atom stereocenters. The standard InChI is InChI=1S/C13H26N2O.ClH/c1-12-7-10-15(11-8-12)13(16)6-4-2-3-5-9-14;/h12H,2-11,14H2,1H3;1H. The molecule has 1 aliphatic heterocycles. The Hall–Kier alpha value is -0.280. The fourth-order valence-electron chi connectivity index (χ4n) is 2.19. The molecular formula is C13H27ClN2O. The minimum atomic E-state index is 0. The van der Waals surface area contributed by atoms with E-state index in [0.29, 0.717) is 5.91 Å². The van der Waals surface area contributed by atoms with Gasteiger partial charge in [0.15, 0.2) is 0 Å². The number of carbonyl (C=O) groups is 1.